The van der Waals surface area contributed by atoms with Crippen LogP contribution < -0.4 is 5.32 Å². The van der Waals surface area contributed by atoms with Crippen molar-refractivity contribution in [3.8, 4) is 0 Å². The Morgan fingerprint density at radius 3 is 2.84 bits per heavy atom. The Morgan fingerprint density at radius 1 is 1.42 bits per heavy atom. The average Bonchev–Trinajstić information content (AvgIpc) is 2.88. The first-order valence-corrected chi connectivity index (χ1v) is 6.69. The molecule has 5 heteroatoms. The lowest BCUT2D eigenvalue weighted by Gasteiger charge is -2.21. The van der Waals surface area contributed by atoms with Crippen LogP contribution in [0, 0.1) is 5.82 Å². The monoisotopic (exact) mass is 327 g/mol. The number of nitrogens with one attached hydrogen (secondary N) is 1. The van der Waals surface area contributed by atoms with Crippen molar-refractivity contribution in [3.63, 3.8) is 0 Å². The summed E-state index contributed by atoms with van der Waals surface area (Å²) in [6.45, 7) is 2.46. The highest BCUT2D eigenvalue weighted by atomic mass is 79.9. The van der Waals surface area contributed by atoms with Gasteiger partial charge in [0, 0.05) is 13.1 Å². The summed E-state index contributed by atoms with van der Waals surface area (Å²) in [7, 11) is 0. The van der Waals surface area contributed by atoms with Crippen molar-refractivity contribution >= 4 is 15.9 Å². The summed E-state index contributed by atoms with van der Waals surface area (Å²) in [6, 6.07) is 8.40. The molecule has 2 aromatic rings. The fourth-order valence-electron chi connectivity index (χ4n) is 1.77. The van der Waals surface area contributed by atoms with Gasteiger partial charge < -0.3 is 14.8 Å². The molecule has 1 aromatic carbocycles. The molecular weight excluding hydrogens is 313 g/mol. The first-order chi connectivity index (χ1) is 8.99. The number of halogens is 2. The van der Waals surface area contributed by atoms with Crippen LogP contribution in [0.4, 0.5) is 4.39 Å². The van der Waals surface area contributed by atoms with Gasteiger partial charge in [0.2, 0.25) is 0 Å². The summed E-state index contributed by atoms with van der Waals surface area (Å²) in [5.41, 5.74) is -0.270. The minimum Gasteiger partial charge on any atom is -0.466 e. The van der Waals surface area contributed by atoms with Crippen LogP contribution in [0.15, 0.2) is 45.5 Å². The average molecular weight is 328 g/mol. The summed E-state index contributed by atoms with van der Waals surface area (Å²) < 4.78 is 18.9. The summed E-state index contributed by atoms with van der Waals surface area (Å²) in [5, 5.41) is 13.3. The van der Waals surface area contributed by atoms with Gasteiger partial charge in [0.1, 0.15) is 17.2 Å². The second-order valence-electron chi connectivity index (χ2n) is 4.60. The predicted molar refractivity (Wildman–Crippen MR) is 74.1 cm³/mol. The lowest BCUT2D eigenvalue weighted by atomic mass is 10.0. The Labute approximate surface area is 119 Å². The molecule has 1 aromatic heterocycles. The summed E-state index contributed by atoms with van der Waals surface area (Å²) >= 11 is 3.11. The number of aliphatic hydroxyl groups is 1. The van der Waals surface area contributed by atoms with E-state index in [-0.39, 0.29) is 5.82 Å². The predicted octanol–water partition coefficient (Wildman–Crippen LogP) is 3.18. The molecule has 102 valence electrons. The number of hydrogen-bond acceptors (Lipinski definition) is 3. The van der Waals surface area contributed by atoms with Gasteiger partial charge in [-0.3, -0.25) is 0 Å². The highest BCUT2D eigenvalue weighted by Gasteiger charge is 2.25. The molecule has 0 aliphatic carbocycles. The minimum atomic E-state index is -1.09. The van der Waals surface area contributed by atoms with Gasteiger partial charge in [-0.1, -0.05) is 6.07 Å². The van der Waals surface area contributed by atoms with E-state index in [1.54, 1.807) is 25.1 Å². The third-order valence-corrected chi connectivity index (χ3v) is 3.48. The van der Waals surface area contributed by atoms with E-state index in [9.17, 15) is 9.50 Å². The van der Waals surface area contributed by atoms with Crippen LogP contribution in [0.5, 0.6) is 0 Å². The van der Waals surface area contributed by atoms with E-state index in [1.807, 2.05) is 6.07 Å². The van der Waals surface area contributed by atoms with Gasteiger partial charge >= 0.3 is 0 Å². The van der Waals surface area contributed by atoms with Crippen LogP contribution in [0.3, 0.4) is 0 Å². The topological polar surface area (TPSA) is 45.4 Å². The minimum absolute atomic E-state index is 0.294. The second-order valence-corrected chi connectivity index (χ2v) is 5.46. The first-order valence-electron chi connectivity index (χ1n) is 5.90. The van der Waals surface area contributed by atoms with Crippen molar-refractivity contribution in [2.24, 2.45) is 0 Å². The van der Waals surface area contributed by atoms with E-state index in [0.717, 1.165) is 5.56 Å². The number of hydrogen-bond donors (Lipinski definition) is 2. The Bertz CT molecular complexity index is 540. The third-order valence-electron chi connectivity index (χ3n) is 2.83. The molecule has 0 saturated carbocycles. The van der Waals surface area contributed by atoms with Gasteiger partial charge in [-0.15, -0.1) is 0 Å². The van der Waals surface area contributed by atoms with E-state index in [1.165, 1.54) is 12.3 Å². The van der Waals surface area contributed by atoms with Crippen LogP contribution in [0.2, 0.25) is 0 Å². The van der Waals surface area contributed by atoms with E-state index >= 15 is 0 Å². The lowest BCUT2D eigenvalue weighted by molar-refractivity contribution is 0.0340. The summed E-state index contributed by atoms with van der Waals surface area (Å²) in [6.07, 6.45) is 1.52. The zero-order valence-electron chi connectivity index (χ0n) is 10.5. The standard InChI is InChI=1S/C14H15BrFNO2/c1-14(18,13-3-2-6-19-13)9-17-8-10-4-5-11(15)12(16)7-10/h2-7,17-18H,8-9H2,1H3. The van der Waals surface area contributed by atoms with Crippen molar-refractivity contribution < 1.29 is 13.9 Å². The van der Waals surface area contributed by atoms with Gasteiger partial charge in [-0.25, -0.2) is 4.39 Å². The van der Waals surface area contributed by atoms with Crippen molar-refractivity contribution in [2.45, 2.75) is 19.1 Å². The molecule has 2 rings (SSSR count). The fourth-order valence-corrected chi connectivity index (χ4v) is 2.02. The number of furan rings is 1. The van der Waals surface area contributed by atoms with E-state index < -0.39 is 5.60 Å². The molecule has 0 saturated heterocycles. The second kappa shape index (κ2) is 5.86. The lowest BCUT2D eigenvalue weighted by Crippen LogP contribution is -2.34. The number of rotatable bonds is 5. The molecule has 0 fully saturated rings. The quantitative estimate of drug-likeness (QED) is 0.886. The maximum absolute atomic E-state index is 13.3. The molecule has 19 heavy (non-hydrogen) atoms. The van der Waals surface area contributed by atoms with Gasteiger partial charge in [-0.2, -0.15) is 0 Å². The van der Waals surface area contributed by atoms with Gasteiger partial charge in [0.25, 0.3) is 0 Å². The highest BCUT2D eigenvalue weighted by molar-refractivity contribution is 9.10. The van der Waals surface area contributed by atoms with Gasteiger partial charge in [-0.05, 0) is 52.7 Å². The first kappa shape index (κ1) is 14.2. The fraction of sp³-hybridized carbons (Fsp3) is 0.286. The molecule has 0 amide bonds. The van der Waals surface area contributed by atoms with Crippen molar-refractivity contribution in [1.29, 1.82) is 0 Å². The number of benzene rings is 1. The summed E-state index contributed by atoms with van der Waals surface area (Å²) in [4.78, 5) is 0. The highest BCUT2D eigenvalue weighted by Crippen LogP contribution is 2.20. The summed E-state index contributed by atoms with van der Waals surface area (Å²) in [5.74, 6) is 0.207. The molecule has 0 aliphatic heterocycles. The maximum Gasteiger partial charge on any atom is 0.137 e. The van der Waals surface area contributed by atoms with Gasteiger partial charge in [0.05, 0.1) is 10.7 Å². The van der Waals surface area contributed by atoms with Crippen LogP contribution in [0.25, 0.3) is 0 Å². The van der Waals surface area contributed by atoms with Crippen LogP contribution >= 0.6 is 15.9 Å². The Kier molecular flexibility index (Phi) is 4.39. The normalized spacial score (nSPS) is 14.3. The smallest absolute Gasteiger partial charge is 0.137 e. The zero-order chi connectivity index (χ0) is 13.9. The molecule has 0 bridgehead atoms. The molecule has 1 atom stereocenters. The molecule has 0 aliphatic rings. The zero-order valence-corrected chi connectivity index (χ0v) is 12.1. The van der Waals surface area contributed by atoms with Crippen LogP contribution in [-0.2, 0) is 12.1 Å². The van der Waals surface area contributed by atoms with Crippen LogP contribution in [-0.4, -0.2) is 11.7 Å². The van der Waals surface area contributed by atoms with Crippen molar-refractivity contribution in [1.82, 2.24) is 5.32 Å². The molecule has 0 spiro atoms. The Morgan fingerprint density at radius 2 is 2.21 bits per heavy atom. The van der Waals surface area contributed by atoms with E-state index in [0.29, 0.717) is 23.3 Å². The SMILES string of the molecule is CC(O)(CNCc1ccc(Br)c(F)c1)c1ccco1. The molecule has 2 N–H and O–H groups in total. The van der Waals surface area contributed by atoms with E-state index in [2.05, 4.69) is 21.2 Å². The van der Waals surface area contributed by atoms with Crippen molar-refractivity contribution in [2.75, 3.05) is 6.54 Å². The Hall–Kier alpha value is -1.17. The van der Waals surface area contributed by atoms with Crippen LogP contribution in [0.1, 0.15) is 18.2 Å². The molecular formula is C14H15BrFNO2. The van der Waals surface area contributed by atoms with Crippen molar-refractivity contribution in [3.05, 3.63) is 58.2 Å². The Balaban J connectivity index is 1.91. The largest absolute Gasteiger partial charge is 0.466 e. The van der Waals surface area contributed by atoms with Gasteiger partial charge in [0.15, 0.2) is 0 Å². The molecule has 1 heterocycles. The molecule has 1 unspecified atom stereocenters. The molecule has 3 nitrogen and oxygen atoms in total. The molecule has 0 radical (unpaired) electrons. The third kappa shape index (κ3) is 3.65. The van der Waals surface area contributed by atoms with E-state index in [4.69, 9.17) is 4.42 Å². The maximum atomic E-state index is 13.3.